The molecule has 0 aliphatic carbocycles. The van der Waals surface area contributed by atoms with Crippen molar-refractivity contribution in [3.05, 3.63) is 46.8 Å². The van der Waals surface area contributed by atoms with Crippen LogP contribution in [-0.4, -0.2) is 21.4 Å². The van der Waals surface area contributed by atoms with E-state index in [2.05, 4.69) is 15.3 Å². The van der Waals surface area contributed by atoms with E-state index in [1.807, 2.05) is 16.8 Å². The van der Waals surface area contributed by atoms with Gasteiger partial charge in [0.05, 0.1) is 16.2 Å². The van der Waals surface area contributed by atoms with Gasteiger partial charge in [0.25, 0.3) is 5.88 Å². The van der Waals surface area contributed by atoms with Gasteiger partial charge in [-0.05, 0) is 12.1 Å². The summed E-state index contributed by atoms with van der Waals surface area (Å²) < 4.78 is 7.58. The van der Waals surface area contributed by atoms with Gasteiger partial charge in [0.15, 0.2) is 0 Å². The molecule has 1 aromatic carbocycles. The monoisotopic (exact) mass is 308 g/mol. The van der Waals surface area contributed by atoms with E-state index in [4.69, 9.17) is 27.9 Å². The number of halogens is 2. The zero-order chi connectivity index (χ0) is 14.1. The van der Waals surface area contributed by atoms with Crippen molar-refractivity contribution in [2.45, 2.75) is 0 Å². The fraction of sp³-hybridized carbons (Fsp3) is 0.0769. The second-order valence-corrected chi connectivity index (χ2v) is 4.83. The van der Waals surface area contributed by atoms with E-state index < -0.39 is 0 Å². The largest absolute Gasteiger partial charge is 0.436 e. The van der Waals surface area contributed by atoms with E-state index in [1.54, 1.807) is 31.4 Å². The number of hydrogen-bond acceptors (Lipinski definition) is 4. The second-order valence-electron chi connectivity index (χ2n) is 4.02. The van der Waals surface area contributed by atoms with Crippen LogP contribution < -0.4 is 10.1 Å². The third kappa shape index (κ3) is 2.37. The van der Waals surface area contributed by atoms with Crippen LogP contribution in [0, 0.1) is 0 Å². The van der Waals surface area contributed by atoms with Crippen LogP contribution in [0.25, 0.3) is 5.65 Å². The zero-order valence-corrected chi connectivity index (χ0v) is 12.0. The zero-order valence-electron chi connectivity index (χ0n) is 10.5. The number of anilines is 1. The third-order valence-corrected chi connectivity index (χ3v) is 3.44. The van der Waals surface area contributed by atoms with Crippen molar-refractivity contribution < 1.29 is 4.74 Å². The maximum atomic E-state index is 5.97. The average molecular weight is 309 g/mol. The lowest BCUT2D eigenvalue weighted by molar-refractivity contribution is 0.466. The van der Waals surface area contributed by atoms with Gasteiger partial charge in [-0.2, -0.15) is 4.98 Å². The van der Waals surface area contributed by atoms with Gasteiger partial charge in [0.1, 0.15) is 11.6 Å². The van der Waals surface area contributed by atoms with Crippen molar-refractivity contribution in [3.8, 4) is 11.6 Å². The Bertz CT molecular complexity index is 772. The molecule has 0 radical (unpaired) electrons. The Balaban J connectivity index is 2.04. The number of ether oxygens (including phenoxy) is 1. The van der Waals surface area contributed by atoms with Gasteiger partial charge < -0.3 is 10.1 Å². The molecule has 0 bridgehead atoms. The molecule has 0 spiro atoms. The van der Waals surface area contributed by atoms with E-state index in [0.717, 1.165) is 0 Å². The Labute approximate surface area is 125 Å². The molecular formula is C13H10Cl2N4O. The highest BCUT2D eigenvalue weighted by molar-refractivity contribution is 6.42. The van der Waals surface area contributed by atoms with Crippen LogP contribution >= 0.6 is 23.2 Å². The Morgan fingerprint density at radius 3 is 2.85 bits per heavy atom. The van der Waals surface area contributed by atoms with Crippen LogP contribution in [0.4, 0.5) is 5.82 Å². The first kappa shape index (κ1) is 13.0. The molecule has 5 nitrogen and oxygen atoms in total. The van der Waals surface area contributed by atoms with Crippen LogP contribution in [0.15, 0.2) is 36.8 Å². The summed E-state index contributed by atoms with van der Waals surface area (Å²) in [6, 6.07) is 5.03. The number of imidazole rings is 1. The van der Waals surface area contributed by atoms with E-state index in [0.29, 0.717) is 33.1 Å². The molecule has 102 valence electrons. The highest BCUT2D eigenvalue weighted by atomic mass is 35.5. The van der Waals surface area contributed by atoms with Crippen molar-refractivity contribution in [2.24, 2.45) is 0 Å². The number of rotatable bonds is 3. The molecule has 0 saturated carbocycles. The Morgan fingerprint density at radius 1 is 1.25 bits per heavy atom. The lowest BCUT2D eigenvalue weighted by Crippen LogP contribution is -1.99. The predicted octanol–water partition coefficient (Wildman–Crippen LogP) is 3.87. The normalized spacial score (nSPS) is 10.8. The van der Waals surface area contributed by atoms with Gasteiger partial charge in [0.2, 0.25) is 5.65 Å². The minimum atomic E-state index is 0.389. The molecule has 1 N–H and O–H groups in total. The molecule has 2 aromatic heterocycles. The van der Waals surface area contributed by atoms with E-state index >= 15 is 0 Å². The molecule has 0 amide bonds. The molecule has 0 unspecified atom stereocenters. The summed E-state index contributed by atoms with van der Waals surface area (Å²) in [6.07, 6.45) is 5.32. The molecular weight excluding hydrogens is 299 g/mol. The van der Waals surface area contributed by atoms with Crippen LogP contribution in [0.3, 0.4) is 0 Å². The quantitative estimate of drug-likeness (QED) is 0.798. The number of aromatic nitrogens is 3. The number of hydrogen-bond donors (Lipinski definition) is 1. The topological polar surface area (TPSA) is 51.5 Å². The first-order valence-electron chi connectivity index (χ1n) is 5.82. The second kappa shape index (κ2) is 5.19. The van der Waals surface area contributed by atoms with Gasteiger partial charge >= 0.3 is 0 Å². The summed E-state index contributed by atoms with van der Waals surface area (Å²) in [6.45, 7) is 0. The molecule has 0 fully saturated rings. The Kier molecular flexibility index (Phi) is 3.38. The summed E-state index contributed by atoms with van der Waals surface area (Å²) in [5.74, 6) is 1.61. The van der Waals surface area contributed by atoms with E-state index in [1.165, 1.54) is 0 Å². The summed E-state index contributed by atoms with van der Waals surface area (Å²) in [7, 11) is 1.79. The van der Waals surface area contributed by atoms with Crippen molar-refractivity contribution in [2.75, 3.05) is 12.4 Å². The maximum absolute atomic E-state index is 5.97. The van der Waals surface area contributed by atoms with Crippen molar-refractivity contribution in [1.29, 1.82) is 0 Å². The fourth-order valence-electron chi connectivity index (χ4n) is 1.74. The highest BCUT2D eigenvalue weighted by Gasteiger charge is 2.10. The molecule has 0 aliphatic rings. The molecule has 20 heavy (non-hydrogen) atoms. The van der Waals surface area contributed by atoms with Gasteiger partial charge in [-0.15, -0.1) is 0 Å². The van der Waals surface area contributed by atoms with E-state index in [9.17, 15) is 0 Å². The van der Waals surface area contributed by atoms with Gasteiger partial charge in [0, 0.05) is 25.5 Å². The molecule has 2 heterocycles. The first-order chi connectivity index (χ1) is 9.67. The van der Waals surface area contributed by atoms with Gasteiger partial charge in [-0.25, -0.2) is 4.98 Å². The van der Waals surface area contributed by atoms with Crippen molar-refractivity contribution in [1.82, 2.24) is 14.4 Å². The minimum absolute atomic E-state index is 0.389. The molecule has 3 rings (SSSR count). The maximum Gasteiger partial charge on any atom is 0.265 e. The number of nitrogens with zero attached hydrogens (tertiary/aromatic N) is 3. The average Bonchev–Trinajstić information content (AvgIpc) is 2.91. The standard InChI is InChI=1S/C13H10Cl2N4O/c1-16-11-7-19-5-4-17-12(19)13(18-11)20-8-2-3-9(14)10(15)6-8/h2-7,16H,1H3. The summed E-state index contributed by atoms with van der Waals surface area (Å²) in [5.41, 5.74) is 0.620. The van der Waals surface area contributed by atoms with Crippen molar-refractivity contribution in [3.63, 3.8) is 0 Å². The summed E-state index contributed by atoms with van der Waals surface area (Å²) in [5, 5.41) is 3.87. The fourth-order valence-corrected chi connectivity index (χ4v) is 2.03. The Morgan fingerprint density at radius 2 is 2.10 bits per heavy atom. The summed E-state index contributed by atoms with van der Waals surface area (Å²) in [4.78, 5) is 8.57. The van der Waals surface area contributed by atoms with Crippen molar-refractivity contribution >= 4 is 34.7 Å². The smallest absolute Gasteiger partial charge is 0.265 e. The van der Waals surface area contributed by atoms with Gasteiger partial charge in [-0.3, -0.25) is 4.40 Å². The molecule has 7 heteroatoms. The van der Waals surface area contributed by atoms with Crippen LogP contribution in [0.2, 0.25) is 10.0 Å². The third-order valence-electron chi connectivity index (χ3n) is 2.71. The van der Waals surface area contributed by atoms with Gasteiger partial charge in [-0.1, -0.05) is 23.2 Å². The predicted molar refractivity (Wildman–Crippen MR) is 79.1 cm³/mol. The van der Waals surface area contributed by atoms with Crippen LogP contribution in [0.5, 0.6) is 11.6 Å². The molecule has 0 saturated heterocycles. The minimum Gasteiger partial charge on any atom is -0.436 e. The number of benzene rings is 1. The lowest BCUT2D eigenvalue weighted by Gasteiger charge is -2.09. The summed E-state index contributed by atoms with van der Waals surface area (Å²) >= 11 is 11.8. The molecule has 0 aliphatic heterocycles. The highest BCUT2D eigenvalue weighted by Crippen LogP contribution is 2.30. The molecule has 3 aromatic rings. The number of nitrogens with one attached hydrogen (secondary N) is 1. The lowest BCUT2D eigenvalue weighted by atomic mass is 10.3. The SMILES string of the molecule is CNc1cn2ccnc2c(Oc2ccc(Cl)c(Cl)c2)n1. The first-order valence-corrected chi connectivity index (χ1v) is 6.57. The van der Waals surface area contributed by atoms with Crippen LogP contribution in [0.1, 0.15) is 0 Å². The molecule has 0 atom stereocenters. The number of fused-ring (bicyclic) bond motifs is 1. The van der Waals surface area contributed by atoms with E-state index in [-0.39, 0.29) is 0 Å². The van der Waals surface area contributed by atoms with Crippen LogP contribution in [-0.2, 0) is 0 Å². The Hall–Kier alpha value is -1.98.